The molecule has 0 saturated carbocycles. The number of aromatic nitrogens is 5. The first kappa shape index (κ1) is 30.5. The molecule has 0 unspecified atom stereocenters. The zero-order valence-electron chi connectivity index (χ0n) is 24.4. The normalized spacial score (nSPS) is 16.1. The molecule has 1 aromatic carbocycles. The van der Waals surface area contributed by atoms with E-state index in [-0.39, 0.29) is 51.7 Å². The number of alkyl halides is 6. The summed E-state index contributed by atoms with van der Waals surface area (Å²) in [5.41, 5.74) is -3.78. The van der Waals surface area contributed by atoms with Gasteiger partial charge in [-0.2, -0.15) is 31.3 Å². The average Bonchev–Trinajstić information content (AvgIpc) is 3.18. The fraction of sp³-hybridized carbons (Fsp3) is 0.448. The molecule has 14 heteroatoms. The highest BCUT2D eigenvalue weighted by Gasteiger charge is 2.75. The maximum Gasteiger partial charge on any atom is 0.419 e. The Morgan fingerprint density at radius 2 is 1.65 bits per heavy atom. The maximum absolute atomic E-state index is 14.1. The average molecular weight is 608 g/mol. The molecule has 3 aromatic heterocycles. The Morgan fingerprint density at radius 1 is 0.977 bits per heavy atom. The van der Waals surface area contributed by atoms with Crippen molar-refractivity contribution < 1.29 is 26.3 Å². The molecule has 0 saturated heterocycles. The number of nitrogens with one attached hydrogen (secondary N) is 1. The topological polar surface area (TPSA) is 80.9 Å². The summed E-state index contributed by atoms with van der Waals surface area (Å²) >= 11 is 0. The third-order valence-electron chi connectivity index (χ3n) is 7.73. The fourth-order valence-corrected chi connectivity index (χ4v) is 5.66. The molecule has 1 aliphatic rings. The van der Waals surface area contributed by atoms with Crippen molar-refractivity contribution in [3.8, 4) is 5.69 Å². The first-order valence-corrected chi connectivity index (χ1v) is 13.6. The van der Waals surface area contributed by atoms with Crippen molar-refractivity contribution in [1.82, 2.24) is 29.2 Å². The minimum atomic E-state index is -5.61. The molecule has 43 heavy (non-hydrogen) atoms. The molecule has 0 fully saturated rings. The Morgan fingerprint density at radius 3 is 2.26 bits per heavy atom. The largest absolute Gasteiger partial charge is 0.419 e. The van der Waals surface area contributed by atoms with E-state index in [1.165, 1.54) is 16.9 Å². The summed E-state index contributed by atoms with van der Waals surface area (Å²) in [4.78, 5) is 26.9. The summed E-state index contributed by atoms with van der Waals surface area (Å²) in [6.45, 7) is 9.28. The molecule has 0 radical (unpaired) electrons. The molecule has 0 amide bonds. The molecule has 1 aliphatic heterocycles. The number of rotatable bonds is 4. The van der Waals surface area contributed by atoms with Crippen molar-refractivity contribution in [2.24, 2.45) is 0 Å². The second-order valence-electron chi connectivity index (χ2n) is 12.0. The zero-order valence-corrected chi connectivity index (χ0v) is 24.4. The van der Waals surface area contributed by atoms with Crippen LogP contribution in [0.25, 0.3) is 16.7 Å². The molecular formula is C29H31F6N7O. The predicted molar refractivity (Wildman–Crippen MR) is 150 cm³/mol. The van der Waals surface area contributed by atoms with E-state index in [2.05, 4.69) is 20.3 Å². The lowest BCUT2D eigenvalue weighted by molar-refractivity contribution is -0.347. The standard InChI is InChI=1S/C29H31F6N7O/c1-16(2)41-24(43)20-15-37-25(39-23(20)42(41)19-9-11-36-22(14-19)26(3,4)5)38-18-7-8-21-17(13-18)10-12-40(6)27(21,28(30,31)32)29(33,34)35/h7-9,11,13-16H,10,12H2,1-6H3,(H,37,38,39). The van der Waals surface area contributed by atoms with Crippen LogP contribution in [0.1, 0.15) is 57.5 Å². The second kappa shape index (κ2) is 10.1. The van der Waals surface area contributed by atoms with E-state index in [9.17, 15) is 31.1 Å². The van der Waals surface area contributed by atoms with E-state index >= 15 is 0 Å². The third-order valence-corrected chi connectivity index (χ3v) is 7.73. The Bertz CT molecular complexity index is 1730. The van der Waals surface area contributed by atoms with Crippen molar-refractivity contribution in [2.75, 3.05) is 18.9 Å². The van der Waals surface area contributed by atoms with Gasteiger partial charge in [-0.3, -0.25) is 14.7 Å². The second-order valence-corrected chi connectivity index (χ2v) is 12.0. The van der Waals surface area contributed by atoms with Gasteiger partial charge in [0.1, 0.15) is 5.39 Å². The van der Waals surface area contributed by atoms with Crippen LogP contribution in [0, 0.1) is 0 Å². The fourth-order valence-electron chi connectivity index (χ4n) is 5.66. The Labute approximate surface area is 243 Å². The summed E-state index contributed by atoms with van der Waals surface area (Å²) in [7, 11) is 0.829. The highest BCUT2D eigenvalue weighted by Crippen LogP contribution is 2.56. The quantitative estimate of drug-likeness (QED) is 0.270. The van der Waals surface area contributed by atoms with Crippen molar-refractivity contribution in [1.29, 1.82) is 0 Å². The lowest BCUT2D eigenvalue weighted by Gasteiger charge is -2.47. The number of pyridine rings is 1. The van der Waals surface area contributed by atoms with Crippen molar-refractivity contribution in [3.63, 3.8) is 0 Å². The first-order chi connectivity index (χ1) is 19.9. The molecule has 0 aliphatic carbocycles. The smallest absolute Gasteiger partial charge is 0.324 e. The molecule has 0 spiro atoms. The van der Waals surface area contributed by atoms with E-state index in [1.807, 2.05) is 40.7 Å². The van der Waals surface area contributed by atoms with Crippen LogP contribution in [0.3, 0.4) is 0 Å². The van der Waals surface area contributed by atoms with Gasteiger partial charge in [-0.1, -0.05) is 26.8 Å². The summed E-state index contributed by atoms with van der Waals surface area (Å²) in [6.07, 6.45) is -8.25. The van der Waals surface area contributed by atoms with Gasteiger partial charge in [-0.25, -0.2) is 14.3 Å². The van der Waals surface area contributed by atoms with Gasteiger partial charge in [0.25, 0.3) is 5.56 Å². The molecule has 0 bridgehead atoms. The molecule has 4 aromatic rings. The van der Waals surface area contributed by atoms with Gasteiger partial charge in [0.2, 0.25) is 11.5 Å². The van der Waals surface area contributed by atoms with Crippen molar-refractivity contribution >= 4 is 22.7 Å². The Balaban J connectivity index is 1.61. The summed E-state index contributed by atoms with van der Waals surface area (Å²) in [5, 5.41) is 3.14. The molecule has 1 N–H and O–H groups in total. The number of hydrogen-bond donors (Lipinski definition) is 1. The summed E-state index contributed by atoms with van der Waals surface area (Å²) in [6, 6.07) is 6.60. The van der Waals surface area contributed by atoms with Crippen LogP contribution in [0.5, 0.6) is 0 Å². The van der Waals surface area contributed by atoms with Gasteiger partial charge < -0.3 is 5.32 Å². The van der Waals surface area contributed by atoms with E-state index in [4.69, 9.17) is 0 Å². The van der Waals surface area contributed by atoms with E-state index in [0.29, 0.717) is 10.6 Å². The van der Waals surface area contributed by atoms with Gasteiger partial charge in [0, 0.05) is 41.8 Å². The highest BCUT2D eigenvalue weighted by molar-refractivity contribution is 5.77. The number of hydrogen-bond acceptors (Lipinski definition) is 6. The van der Waals surface area contributed by atoms with Gasteiger partial charge >= 0.3 is 12.4 Å². The minimum Gasteiger partial charge on any atom is -0.324 e. The van der Waals surface area contributed by atoms with Crippen LogP contribution in [0.2, 0.25) is 0 Å². The van der Waals surface area contributed by atoms with Crippen LogP contribution in [-0.2, 0) is 17.4 Å². The van der Waals surface area contributed by atoms with E-state index in [0.717, 1.165) is 24.9 Å². The maximum atomic E-state index is 14.1. The Hall–Kier alpha value is -3.94. The van der Waals surface area contributed by atoms with Gasteiger partial charge in [-0.05, 0) is 62.7 Å². The number of nitrogens with zero attached hydrogens (tertiary/aromatic N) is 6. The first-order valence-electron chi connectivity index (χ1n) is 13.6. The monoisotopic (exact) mass is 607 g/mol. The van der Waals surface area contributed by atoms with E-state index < -0.39 is 30.0 Å². The number of benzene rings is 1. The molecule has 4 heterocycles. The lowest BCUT2D eigenvalue weighted by Crippen LogP contribution is -2.65. The summed E-state index contributed by atoms with van der Waals surface area (Å²) in [5.74, 6) is 0.0121. The number of anilines is 2. The van der Waals surface area contributed by atoms with Crippen LogP contribution in [-0.4, -0.2) is 55.2 Å². The minimum absolute atomic E-state index is 0.0121. The van der Waals surface area contributed by atoms with Gasteiger partial charge in [-0.15, -0.1) is 0 Å². The highest BCUT2D eigenvalue weighted by atomic mass is 19.4. The molecule has 0 atom stereocenters. The third kappa shape index (κ3) is 4.85. The Kier molecular flexibility index (Phi) is 7.14. The molecular weight excluding hydrogens is 576 g/mol. The van der Waals surface area contributed by atoms with Gasteiger partial charge in [0.15, 0.2) is 5.65 Å². The molecule has 8 nitrogen and oxygen atoms in total. The predicted octanol–water partition coefficient (Wildman–Crippen LogP) is 6.41. The van der Waals surface area contributed by atoms with Gasteiger partial charge in [0.05, 0.1) is 5.69 Å². The lowest BCUT2D eigenvalue weighted by atomic mass is 9.79. The number of halogens is 6. The van der Waals surface area contributed by atoms with Crippen molar-refractivity contribution in [2.45, 2.75) is 70.4 Å². The zero-order chi connectivity index (χ0) is 31.7. The number of fused-ring (bicyclic) bond motifs is 2. The van der Waals surface area contributed by atoms with Crippen LogP contribution < -0.4 is 10.9 Å². The van der Waals surface area contributed by atoms with Crippen LogP contribution in [0.15, 0.2) is 47.5 Å². The van der Waals surface area contributed by atoms with E-state index in [1.54, 1.807) is 16.9 Å². The van der Waals surface area contributed by atoms with Crippen LogP contribution in [0.4, 0.5) is 38.0 Å². The van der Waals surface area contributed by atoms with Crippen LogP contribution >= 0.6 is 0 Å². The van der Waals surface area contributed by atoms with Crippen molar-refractivity contribution in [3.05, 3.63) is 69.9 Å². The summed E-state index contributed by atoms with van der Waals surface area (Å²) < 4.78 is 88.1. The molecule has 5 rings (SSSR count). The molecule has 230 valence electrons. The number of likely N-dealkylation sites (N-methyl/N-ethyl adjacent to an activating group) is 1. The SMILES string of the molecule is CC(C)n1c(=O)c2cnc(Nc3ccc4c(c3)CCN(C)C4(C(F)(F)F)C(F)(F)F)nc2n1-c1ccnc(C(C)(C)C)c1.